The van der Waals surface area contributed by atoms with Crippen LogP contribution >= 0.6 is 11.3 Å². The fraction of sp³-hybridized carbons (Fsp3) is 0.375. The van der Waals surface area contributed by atoms with Crippen molar-refractivity contribution in [3.63, 3.8) is 0 Å². The minimum Gasteiger partial charge on any atom is -0.310 e. The van der Waals surface area contributed by atoms with Crippen LogP contribution in [0.3, 0.4) is 0 Å². The van der Waals surface area contributed by atoms with Gasteiger partial charge in [-0.2, -0.15) is 0 Å². The molecule has 0 aliphatic rings. The minimum atomic E-state index is 0.464. The summed E-state index contributed by atoms with van der Waals surface area (Å²) in [7, 11) is 0. The summed E-state index contributed by atoms with van der Waals surface area (Å²) in [5.41, 5.74) is 0. The molecule has 1 aromatic rings. The van der Waals surface area contributed by atoms with E-state index in [2.05, 4.69) is 16.8 Å². The number of thiophene rings is 1. The zero-order valence-electron chi connectivity index (χ0n) is 6.25. The van der Waals surface area contributed by atoms with E-state index in [0.717, 1.165) is 19.3 Å². The number of carbonyl (C=O) groups is 1. The van der Waals surface area contributed by atoms with Gasteiger partial charge in [-0.1, -0.05) is 6.07 Å². The number of nitrogens with one attached hydrogen (secondary N) is 1. The quantitative estimate of drug-likeness (QED) is 0.528. The molecule has 1 heterocycles. The molecule has 1 aromatic heterocycles. The summed E-state index contributed by atoms with van der Waals surface area (Å²) in [5, 5.41) is 5.08. The molecular weight excluding hydrogens is 158 g/mol. The molecule has 0 aliphatic carbocycles. The first-order valence-electron chi connectivity index (χ1n) is 3.60. The van der Waals surface area contributed by atoms with Gasteiger partial charge in [-0.05, 0) is 17.9 Å². The van der Waals surface area contributed by atoms with E-state index < -0.39 is 0 Å². The van der Waals surface area contributed by atoms with Crippen LogP contribution in [0.5, 0.6) is 0 Å². The predicted molar refractivity (Wildman–Crippen MR) is 47.0 cm³/mol. The van der Waals surface area contributed by atoms with Gasteiger partial charge < -0.3 is 10.1 Å². The molecule has 1 rings (SSSR count). The maximum Gasteiger partial charge on any atom is 0.133 e. The van der Waals surface area contributed by atoms with Crippen molar-refractivity contribution in [2.75, 3.05) is 13.1 Å². The molecule has 2 nitrogen and oxygen atoms in total. The molecule has 0 radical (unpaired) electrons. The van der Waals surface area contributed by atoms with Crippen LogP contribution in [0.15, 0.2) is 17.5 Å². The number of hydrogen-bond donors (Lipinski definition) is 1. The summed E-state index contributed by atoms with van der Waals surface area (Å²) < 4.78 is 0. The number of carbonyl (C=O) groups excluding carboxylic acids is 1. The molecule has 0 aromatic carbocycles. The van der Waals surface area contributed by atoms with Gasteiger partial charge in [-0.25, -0.2) is 0 Å². The smallest absolute Gasteiger partial charge is 0.133 e. The first kappa shape index (κ1) is 8.43. The third kappa shape index (κ3) is 3.30. The van der Waals surface area contributed by atoms with Crippen LogP contribution in [0.4, 0.5) is 0 Å². The van der Waals surface area contributed by atoms with Crippen molar-refractivity contribution < 1.29 is 4.79 Å². The highest BCUT2D eigenvalue weighted by atomic mass is 32.1. The Morgan fingerprint density at radius 3 is 3.18 bits per heavy atom. The Kier molecular flexibility index (Phi) is 3.86. The van der Waals surface area contributed by atoms with Crippen molar-refractivity contribution in [1.82, 2.24) is 5.32 Å². The van der Waals surface area contributed by atoms with Crippen molar-refractivity contribution in [2.45, 2.75) is 6.42 Å². The van der Waals surface area contributed by atoms with E-state index in [1.807, 2.05) is 6.07 Å². The average Bonchev–Trinajstić information content (AvgIpc) is 2.50. The second kappa shape index (κ2) is 5.04. The largest absolute Gasteiger partial charge is 0.310 e. The molecule has 60 valence electrons. The Morgan fingerprint density at radius 1 is 1.64 bits per heavy atom. The molecule has 0 unspecified atom stereocenters. The fourth-order valence-corrected chi connectivity index (χ4v) is 1.54. The highest BCUT2D eigenvalue weighted by Gasteiger charge is 1.91. The number of aldehydes is 1. The number of hydrogen-bond acceptors (Lipinski definition) is 3. The SMILES string of the molecule is O=CCNCCc1cccs1. The van der Waals surface area contributed by atoms with Crippen LogP contribution in [0.25, 0.3) is 0 Å². The van der Waals surface area contributed by atoms with E-state index in [9.17, 15) is 4.79 Å². The molecule has 0 amide bonds. The van der Waals surface area contributed by atoms with E-state index >= 15 is 0 Å². The summed E-state index contributed by atoms with van der Waals surface area (Å²) in [4.78, 5) is 11.3. The van der Waals surface area contributed by atoms with Gasteiger partial charge in [0.05, 0.1) is 6.54 Å². The minimum absolute atomic E-state index is 0.464. The monoisotopic (exact) mass is 169 g/mol. The lowest BCUT2D eigenvalue weighted by Gasteiger charge is -1.96. The molecule has 0 saturated carbocycles. The summed E-state index contributed by atoms with van der Waals surface area (Å²) >= 11 is 1.75. The predicted octanol–water partition coefficient (Wildman–Crippen LogP) is 1.08. The maximum atomic E-state index is 9.91. The van der Waals surface area contributed by atoms with E-state index in [1.54, 1.807) is 11.3 Å². The lowest BCUT2D eigenvalue weighted by atomic mass is 10.3. The first-order valence-corrected chi connectivity index (χ1v) is 4.48. The van der Waals surface area contributed by atoms with Gasteiger partial charge in [0.15, 0.2) is 0 Å². The molecule has 0 bridgehead atoms. The molecule has 0 atom stereocenters. The van der Waals surface area contributed by atoms with Crippen LogP contribution < -0.4 is 5.32 Å². The lowest BCUT2D eigenvalue weighted by Crippen LogP contribution is -2.18. The topological polar surface area (TPSA) is 29.1 Å². The molecular formula is C8H11NOS. The highest BCUT2D eigenvalue weighted by molar-refractivity contribution is 7.09. The summed E-state index contributed by atoms with van der Waals surface area (Å²) in [6, 6.07) is 4.15. The zero-order chi connectivity index (χ0) is 7.94. The van der Waals surface area contributed by atoms with Crippen molar-refractivity contribution >= 4 is 17.6 Å². The Balaban J connectivity index is 2.09. The van der Waals surface area contributed by atoms with Crippen LogP contribution in [0, 0.1) is 0 Å². The van der Waals surface area contributed by atoms with Crippen molar-refractivity contribution in [2.24, 2.45) is 0 Å². The molecule has 0 aliphatic heterocycles. The Hall–Kier alpha value is -0.670. The molecule has 0 saturated heterocycles. The van der Waals surface area contributed by atoms with Crippen LogP contribution in [0.1, 0.15) is 4.88 Å². The van der Waals surface area contributed by atoms with Crippen LogP contribution in [0.2, 0.25) is 0 Å². The van der Waals surface area contributed by atoms with Gasteiger partial charge in [-0.3, -0.25) is 0 Å². The summed E-state index contributed by atoms with van der Waals surface area (Å²) in [5.74, 6) is 0. The van der Waals surface area contributed by atoms with Crippen molar-refractivity contribution in [1.29, 1.82) is 0 Å². The Morgan fingerprint density at radius 2 is 2.55 bits per heavy atom. The van der Waals surface area contributed by atoms with Crippen molar-refractivity contribution in [3.8, 4) is 0 Å². The van der Waals surface area contributed by atoms with E-state index in [4.69, 9.17) is 0 Å². The lowest BCUT2D eigenvalue weighted by molar-refractivity contribution is -0.107. The van der Waals surface area contributed by atoms with Gasteiger partial charge in [-0.15, -0.1) is 11.3 Å². The van der Waals surface area contributed by atoms with Crippen LogP contribution in [-0.2, 0) is 11.2 Å². The Bertz CT molecular complexity index is 196. The van der Waals surface area contributed by atoms with Gasteiger partial charge in [0, 0.05) is 11.4 Å². The molecule has 3 heteroatoms. The van der Waals surface area contributed by atoms with E-state index in [0.29, 0.717) is 6.54 Å². The third-order valence-corrected chi connectivity index (χ3v) is 2.29. The van der Waals surface area contributed by atoms with Gasteiger partial charge >= 0.3 is 0 Å². The van der Waals surface area contributed by atoms with Crippen LogP contribution in [-0.4, -0.2) is 19.4 Å². The first-order chi connectivity index (χ1) is 5.43. The van der Waals surface area contributed by atoms with Gasteiger partial charge in [0.1, 0.15) is 6.29 Å². The fourth-order valence-electron chi connectivity index (χ4n) is 0.827. The molecule has 1 N–H and O–H groups in total. The van der Waals surface area contributed by atoms with Gasteiger partial charge in [0.25, 0.3) is 0 Å². The summed E-state index contributed by atoms with van der Waals surface area (Å²) in [6.07, 6.45) is 1.90. The number of rotatable bonds is 5. The average molecular weight is 169 g/mol. The zero-order valence-corrected chi connectivity index (χ0v) is 7.06. The van der Waals surface area contributed by atoms with E-state index in [-0.39, 0.29) is 0 Å². The highest BCUT2D eigenvalue weighted by Crippen LogP contribution is 2.07. The third-order valence-electron chi connectivity index (χ3n) is 1.36. The normalized spacial score (nSPS) is 9.82. The van der Waals surface area contributed by atoms with Crippen molar-refractivity contribution in [3.05, 3.63) is 22.4 Å². The summed E-state index contributed by atoms with van der Waals surface area (Å²) in [6.45, 7) is 1.35. The molecule has 0 spiro atoms. The van der Waals surface area contributed by atoms with E-state index in [1.165, 1.54) is 4.88 Å². The molecule has 11 heavy (non-hydrogen) atoms. The standard InChI is InChI=1S/C8H11NOS/c10-6-5-9-4-3-8-2-1-7-11-8/h1-2,6-7,9H,3-5H2. The van der Waals surface area contributed by atoms with Gasteiger partial charge in [0.2, 0.25) is 0 Å². The second-order valence-corrected chi connectivity index (χ2v) is 3.23. The second-order valence-electron chi connectivity index (χ2n) is 2.20. The maximum absolute atomic E-state index is 9.91. The Labute approximate surface area is 70.2 Å². The molecule has 0 fully saturated rings.